The summed E-state index contributed by atoms with van der Waals surface area (Å²) in [6, 6.07) is 0. The Morgan fingerprint density at radius 1 is 1.25 bits per heavy atom. The fraction of sp³-hybridized carbons (Fsp3) is 0.933. The van der Waals surface area contributed by atoms with Crippen molar-refractivity contribution in [1.29, 1.82) is 0 Å². The summed E-state index contributed by atoms with van der Waals surface area (Å²) in [5, 5.41) is 3.12. The van der Waals surface area contributed by atoms with Crippen molar-refractivity contribution >= 4 is 18.3 Å². The van der Waals surface area contributed by atoms with Gasteiger partial charge in [-0.05, 0) is 44.4 Å². The Hall–Kier alpha value is -0.320. The number of ether oxygens (including phenoxy) is 1. The lowest BCUT2D eigenvalue weighted by Gasteiger charge is -2.31. The van der Waals surface area contributed by atoms with Crippen LogP contribution in [0.5, 0.6) is 0 Å². The van der Waals surface area contributed by atoms with Gasteiger partial charge in [-0.2, -0.15) is 0 Å². The minimum Gasteiger partial charge on any atom is -0.381 e. The molecule has 0 atom stereocenters. The topological polar surface area (TPSA) is 64.4 Å². The summed E-state index contributed by atoms with van der Waals surface area (Å²) < 4.78 is 5.37. The molecular weight excluding hydrogens is 276 g/mol. The molecule has 0 aromatic heterocycles. The van der Waals surface area contributed by atoms with E-state index in [1.54, 1.807) is 7.11 Å². The Balaban J connectivity index is 0.00000361. The molecule has 5 heteroatoms. The number of carbonyl (C=O) groups is 1. The Kier molecular flexibility index (Phi) is 9.43. The Morgan fingerprint density at radius 3 is 2.20 bits per heavy atom. The molecule has 1 fully saturated rings. The molecule has 1 aliphatic carbocycles. The van der Waals surface area contributed by atoms with E-state index in [0.717, 1.165) is 45.1 Å². The molecule has 0 aliphatic heterocycles. The number of nitrogens with one attached hydrogen (secondary N) is 1. The number of carbonyl (C=O) groups excluding carboxylic acids is 1. The predicted octanol–water partition coefficient (Wildman–Crippen LogP) is 2.49. The van der Waals surface area contributed by atoms with Gasteiger partial charge in [0.1, 0.15) is 0 Å². The number of methoxy groups -OCH3 is 1. The Morgan fingerprint density at radius 2 is 1.80 bits per heavy atom. The average molecular weight is 307 g/mol. The van der Waals surface area contributed by atoms with Crippen LogP contribution in [0.1, 0.15) is 52.4 Å². The second-order valence-corrected chi connectivity index (χ2v) is 5.78. The van der Waals surface area contributed by atoms with Crippen molar-refractivity contribution in [1.82, 2.24) is 5.32 Å². The lowest BCUT2D eigenvalue weighted by Crippen LogP contribution is -2.46. The standard InChI is InChI=1S/C15H30N2O2.ClH/c1-4-15(5-2,11-16)14(18)17-10-12-6-8-13(19-3)9-7-12;/h12-13H,4-11,16H2,1-3H3,(H,17,18);1H. The van der Waals surface area contributed by atoms with E-state index in [2.05, 4.69) is 5.32 Å². The lowest BCUT2D eigenvalue weighted by atomic mass is 9.81. The van der Waals surface area contributed by atoms with E-state index >= 15 is 0 Å². The normalized spacial score (nSPS) is 23.0. The zero-order valence-electron chi connectivity index (χ0n) is 13.1. The molecule has 1 amide bonds. The van der Waals surface area contributed by atoms with Crippen molar-refractivity contribution in [3.63, 3.8) is 0 Å². The smallest absolute Gasteiger partial charge is 0.227 e. The Labute approximate surface area is 129 Å². The van der Waals surface area contributed by atoms with Crippen LogP contribution >= 0.6 is 12.4 Å². The van der Waals surface area contributed by atoms with Crippen molar-refractivity contribution in [3.8, 4) is 0 Å². The number of hydrogen-bond acceptors (Lipinski definition) is 3. The summed E-state index contributed by atoms with van der Waals surface area (Å²) in [5.74, 6) is 0.730. The predicted molar refractivity (Wildman–Crippen MR) is 85.1 cm³/mol. The van der Waals surface area contributed by atoms with Gasteiger partial charge in [-0.15, -0.1) is 12.4 Å². The van der Waals surface area contributed by atoms with Gasteiger partial charge in [-0.1, -0.05) is 13.8 Å². The first-order valence-corrected chi connectivity index (χ1v) is 7.63. The van der Waals surface area contributed by atoms with Crippen LogP contribution in [0.4, 0.5) is 0 Å². The lowest BCUT2D eigenvalue weighted by molar-refractivity contribution is -0.131. The fourth-order valence-electron chi connectivity index (χ4n) is 2.95. The maximum atomic E-state index is 12.3. The van der Waals surface area contributed by atoms with E-state index in [-0.39, 0.29) is 23.7 Å². The van der Waals surface area contributed by atoms with Crippen LogP contribution in [-0.2, 0) is 9.53 Å². The van der Waals surface area contributed by atoms with E-state index in [1.807, 2.05) is 13.8 Å². The van der Waals surface area contributed by atoms with Crippen molar-refractivity contribution in [2.75, 3.05) is 20.2 Å². The summed E-state index contributed by atoms with van der Waals surface area (Å²) in [6.45, 7) is 5.30. The Bertz CT molecular complexity index is 267. The fourth-order valence-corrected chi connectivity index (χ4v) is 2.95. The summed E-state index contributed by atoms with van der Waals surface area (Å²) in [5.41, 5.74) is 5.43. The van der Waals surface area contributed by atoms with Crippen molar-refractivity contribution < 1.29 is 9.53 Å². The highest BCUT2D eigenvalue weighted by Crippen LogP contribution is 2.27. The van der Waals surface area contributed by atoms with Crippen LogP contribution < -0.4 is 11.1 Å². The molecule has 0 heterocycles. The van der Waals surface area contributed by atoms with Gasteiger partial charge in [0.2, 0.25) is 5.91 Å². The third-order valence-corrected chi connectivity index (χ3v) is 4.90. The number of rotatable bonds is 7. The van der Waals surface area contributed by atoms with E-state index in [4.69, 9.17) is 10.5 Å². The van der Waals surface area contributed by atoms with Crippen molar-refractivity contribution in [2.24, 2.45) is 17.1 Å². The molecule has 0 bridgehead atoms. The molecule has 0 aromatic carbocycles. The van der Waals surface area contributed by atoms with Crippen LogP contribution in [0.25, 0.3) is 0 Å². The van der Waals surface area contributed by atoms with Crippen LogP contribution in [0.15, 0.2) is 0 Å². The van der Waals surface area contributed by atoms with Crippen LogP contribution in [0.3, 0.4) is 0 Å². The number of halogens is 1. The highest BCUT2D eigenvalue weighted by Gasteiger charge is 2.33. The molecule has 0 aromatic rings. The van der Waals surface area contributed by atoms with Gasteiger partial charge >= 0.3 is 0 Å². The zero-order chi connectivity index (χ0) is 14.3. The minimum atomic E-state index is -0.371. The van der Waals surface area contributed by atoms with Gasteiger partial charge in [0.25, 0.3) is 0 Å². The molecule has 3 N–H and O–H groups in total. The largest absolute Gasteiger partial charge is 0.381 e. The third kappa shape index (κ3) is 4.90. The van der Waals surface area contributed by atoms with E-state index in [1.165, 1.54) is 0 Å². The van der Waals surface area contributed by atoms with Gasteiger partial charge in [0.15, 0.2) is 0 Å². The second kappa shape index (κ2) is 9.59. The van der Waals surface area contributed by atoms with Gasteiger partial charge in [0, 0.05) is 20.2 Å². The van der Waals surface area contributed by atoms with Crippen LogP contribution in [0.2, 0.25) is 0 Å². The molecule has 120 valence electrons. The molecule has 1 rings (SSSR count). The maximum absolute atomic E-state index is 12.3. The quantitative estimate of drug-likeness (QED) is 0.759. The highest BCUT2D eigenvalue weighted by molar-refractivity contribution is 5.85. The highest BCUT2D eigenvalue weighted by atomic mass is 35.5. The minimum absolute atomic E-state index is 0. The molecule has 0 saturated heterocycles. The molecule has 20 heavy (non-hydrogen) atoms. The average Bonchev–Trinajstić information content (AvgIpc) is 2.48. The van der Waals surface area contributed by atoms with E-state index < -0.39 is 0 Å². The summed E-state index contributed by atoms with van der Waals surface area (Å²) in [4.78, 5) is 12.3. The van der Waals surface area contributed by atoms with Gasteiger partial charge < -0.3 is 15.8 Å². The molecule has 0 unspecified atom stereocenters. The first-order valence-electron chi connectivity index (χ1n) is 7.63. The number of nitrogens with two attached hydrogens (primary N) is 1. The van der Waals surface area contributed by atoms with Gasteiger partial charge in [-0.25, -0.2) is 0 Å². The second-order valence-electron chi connectivity index (χ2n) is 5.78. The SMILES string of the molecule is CCC(CC)(CN)C(=O)NCC1CCC(OC)CC1.Cl. The number of amides is 1. The summed E-state index contributed by atoms with van der Waals surface area (Å²) in [7, 11) is 1.78. The van der Waals surface area contributed by atoms with E-state index in [9.17, 15) is 4.79 Å². The molecular formula is C15H31ClN2O2. The molecule has 1 saturated carbocycles. The van der Waals surface area contributed by atoms with Crippen LogP contribution in [0, 0.1) is 11.3 Å². The maximum Gasteiger partial charge on any atom is 0.227 e. The molecule has 0 radical (unpaired) electrons. The third-order valence-electron chi connectivity index (χ3n) is 4.90. The molecule has 0 spiro atoms. The van der Waals surface area contributed by atoms with Crippen molar-refractivity contribution in [2.45, 2.75) is 58.5 Å². The molecule has 4 nitrogen and oxygen atoms in total. The molecule has 1 aliphatic rings. The number of hydrogen-bond donors (Lipinski definition) is 2. The van der Waals surface area contributed by atoms with Crippen LogP contribution in [-0.4, -0.2) is 32.2 Å². The van der Waals surface area contributed by atoms with Gasteiger partial charge in [0.05, 0.1) is 11.5 Å². The van der Waals surface area contributed by atoms with E-state index in [0.29, 0.717) is 18.6 Å². The van der Waals surface area contributed by atoms with Gasteiger partial charge in [-0.3, -0.25) is 4.79 Å². The first kappa shape index (κ1) is 19.7. The van der Waals surface area contributed by atoms with Crippen molar-refractivity contribution in [3.05, 3.63) is 0 Å². The summed E-state index contributed by atoms with van der Waals surface area (Å²) >= 11 is 0. The monoisotopic (exact) mass is 306 g/mol. The first-order chi connectivity index (χ1) is 9.11. The zero-order valence-corrected chi connectivity index (χ0v) is 13.9. The summed E-state index contributed by atoms with van der Waals surface area (Å²) in [6.07, 6.45) is 6.55.